The van der Waals surface area contributed by atoms with Crippen molar-refractivity contribution in [2.45, 2.75) is 13.3 Å². The second-order valence-electron chi connectivity index (χ2n) is 3.09. The number of rotatable bonds is 2. The zero-order valence-corrected chi connectivity index (χ0v) is 10.5. The predicted octanol–water partition coefficient (Wildman–Crippen LogP) is 4.23. The van der Waals surface area contributed by atoms with E-state index in [2.05, 4.69) is 41.1 Å². The van der Waals surface area contributed by atoms with Crippen molar-refractivity contribution in [3.05, 3.63) is 27.5 Å². The van der Waals surface area contributed by atoms with Gasteiger partial charge in [-0.05, 0) is 40.0 Å². The fraction of sp³-hybridized carbons (Fsp3) is 0.273. The summed E-state index contributed by atoms with van der Waals surface area (Å²) in [6.07, 6.45) is 1.06. The van der Waals surface area contributed by atoms with E-state index in [0.29, 0.717) is 0 Å². The van der Waals surface area contributed by atoms with E-state index in [4.69, 9.17) is 4.74 Å². The Kier molecular flexibility index (Phi) is 2.79. The van der Waals surface area contributed by atoms with Crippen molar-refractivity contribution in [2.75, 3.05) is 7.11 Å². The van der Waals surface area contributed by atoms with Gasteiger partial charge in [-0.15, -0.1) is 11.3 Å². The molecule has 1 aromatic heterocycles. The molecule has 0 aliphatic rings. The average molecular weight is 271 g/mol. The summed E-state index contributed by atoms with van der Waals surface area (Å²) in [4.78, 5) is 0. The summed E-state index contributed by atoms with van der Waals surface area (Å²) in [5.74, 6) is 0.959. The highest BCUT2D eigenvalue weighted by atomic mass is 79.9. The first-order chi connectivity index (χ1) is 6.76. The molecule has 14 heavy (non-hydrogen) atoms. The monoisotopic (exact) mass is 270 g/mol. The first kappa shape index (κ1) is 9.99. The van der Waals surface area contributed by atoms with Gasteiger partial charge < -0.3 is 4.74 Å². The van der Waals surface area contributed by atoms with Gasteiger partial charge in [-0.1, -0.05) is 13.0 Å². The topological polar surface area (TPSA) is 9.23 Å². The molecule has 3 heteroatoms. The lowest BCUT2D eigenvalue weighted by Gasteiger charge is -1.99. The van der Waals surface area contributed by atoms with E-state index in [1.54, 1.807) is 18.4 Å². The molecule has 0 aliphatic heterocycles. The third kappa shape index (κ3) is 1.55. The molecule has 0 saturated heterocycles. The van der Waals surface area contributed by atoms with Crippen molar-refractivity contribution in [2.24, 2.45) is 0 Å². The van der Waals surface area contributed by atoms with Gasteiger partial charge in [0.15, 0.2) is 5.75 Å². The average Bonchev–Trinajstić information content (AvgIpc) is 2.52. The van der Waals surface area contributed by atoms with Crippen LogP contribution in [0.3, 0.4) is 0 Å². The molecule has 1 aromatic carbocycles. The summed E-state index contributed by atoms with van der Waals surface area (Å²) in [6, 6.07) is 6.53. The lowest BCUT2D eigenvalue weighted by molar-refractivity contribution is 0.419. The summed E-state index contributed by atoms with van der Waals surface area (Å²) in [7, 11) is 1.71. The van der Waals surface area contributed by atoms with Crippen LogP contribution in [0.4, 0.5) is 0 Å². The van der Waals surface area contributed by atoms with Gasteiger partial charge in [-0.3, -0.25) is 0 Å². The van der Waals surface area contributed by atoms with Crippen LogP contribution >= 0.6 is 27.3 Å². The summed E-state index contributed by atoms with van der Waals surface area (Å²) in [6.45, 7) is 2.16. The van der Waals surface area contributed by atoms with Gasteiger partial charge in [-0.2, -0.15) is 0 Å². The highest BCUT2D eigenvalue weighted by Gasteiger charge is 2.10. The molecule has 1 heterocycles. The maximum atomic E-state index is 5.36. The SMILES string of the molecule is CCc1ccc2sc(Br)c(OC)c2c1. The van der Waals surface area contributed by atoms with Crippen molar-refractivity contribution in [1.29, 1.82) is 0 Å². The summed E-state index contributed by atoms with van der Waals surface area (Å²) < 4.78 is 7.70. The highest BCUT2D eigenvalue weighted by Crippen LogP contribution is 2.41. The molecule has 0 unspecified atom stereocenters. The molecule has 0 amide bonds. The fourth-order valence-electron chi connectivity index (χ4n) is 1.50. The first-order valence-corrected chi connectivity index (χ1v) is 6.12. The Labute approximate surface area is 95.8 Å². The van der Waals surface area contributed by atoms with Gasteiger partial charge in [0.1, 0.15) is 3.79 Å². The Bertz CT molecular complexity index is 462. The Morgan fingerprint density at radius 2 is 2.21 bits per heavy atom. The van der Waals surface area contributed by atoms with Crippen LogP contribution in [0.5, 0.6) is 5.75 Å². The molecule has 2 rings (SSSR count). The number of hydrogen-bond donors (Lipinski definition) is 0. The minimum absolute atomic E-state index is 0.959. The third-order valence-electron chi connectivity index (χ3n) is 2.28. The van der Waals surface area contributed by atoms with E-state index in [9.17, 15) is 0 Å². The second-order valence-corrected chi connectivity index (χ2v) is 5.46. The largest absolute Gasteiger partial charge is 0.494 e. The molecule has 1 nitrogen and oxygen atoms in total. The smallest absolute Gasteiger partial charge is 0.151 e. The van der Waals surface area contributed by atoms with Crippen molar-refractivity contribution in [3.8, 4) is 5.75 Å². The predicted molar refractivity (Wildman–Crippen MR) is 65.5 cm³/mol. The van der Waals surface area contributed by atoms with Crippen molar-refractivity contribution >= 4 is 37.4 Å². The van der Waals surface area contributed by atoms with Crippen LogP contribution in [0, 0.1) is 0 Å². The summed E-state index contributed by atoms with van der Waals surface area (Å²) >= 11 is 5.22. The number of halogens is 1. The van der Waals surface area contributed by atoms with E-state index in [0.717, 1.165) is 16.0 Å². The molecule has 0 N–H and O–H groups in total. The van der Waals surface area contributed by atoms with Gasteiger partial charge in [-0.25, -0.2) is 0 Å². The number of ether oxygens (including phenoxy) is 1. The molecule has 0 atom stereocenters. The van der Waals surface area contributed by atoms with Gasteiger partial charge in [0.05, 0.1) is 7.11 Å². The molecule has 0 spiro atoms. The molecule has 0 aliphatic carbocycles. The van der Waals surface area contributed by atoms with Crippen LogP contribution < -0.4 is 4.74 Å². The number of aryl methyl sites for hydroxylation is 1. The normalized spacial score (nSPS) is 10.8. The maximum Gasteiger partial charge on any atom is 0.151 e. The first-order valence-electron chi connectivity index (χ1n) is 4.51. The summed E-state index contributed by atoms with van der Waals surface area (Å²) in [5, 5.41) is 1.21. The van der Waals surface area contributed by atoms with E-state index in [1.807, 2.05) is 0 Å². The van der Waals surface area contributed by atoms with Crippen molar-refractivity contribution < 1.29 is 4.74 Å². The van der Waals surface area contributed by atoms with Crippen LogP contribution in [0.2, 0.25) is 0 Å². The van der Waals surface area contributed by atoms with Crippen LogP contribution in [0.25, 0.3) is 10.1 Å². The second kappa shape index (κ2) is 3.91. The van der Waals surface area contributed by atoms with E-state index < -0.39 is 0 Å². The van der Waals surface area contributed by atoms with E-state index in [-0.39, 0.29) is 0 Å². The number of methoxy groups -OCH3 is 1. The van der Waals surface area contributed by atoms with Crippen LogP contribution in [-0.4, -0.2) is 7.11 Å². The number of hydrogen-bond acceptors (Lipinski definition) is 2. The third-order valence-corrected chi connectivity index (χ3v) is 4.07. The van der Waals surface area contributed by atoms with E-state index in [1.165, 1.54) is 15.6 Å². The summed E-state index contributed by atoms with van der Waals surface area (Å²) in [5.41, 5.74) is 1.35. The van der Waals surface area contributed by atoms with Crippen molar-refractivity contribution in [1.82, 2.24) is 0 Å². The lowest BCUT2D eigenvalue weighted by Crippen LogP contribution is -1.82. The number of benzene rings is 1. The number of thiophene rings is 1. The lowest BCUT2D eigenvalue weighted by atomic mass is 10.1. The molecular formula is C11H11BrOS. The fourth-order valence-corrected chi connectivity index (χ4v) is 3.28. The zero-order valence-electron chi connectivity index (χ0n) is 8.13. The maximum absolute atomic E-state index is 5.36. The van der Waals surface area contributed by atoms with Crippen LogP contribution in [-0.2, 0) is 6.42 Å². The molecule has 0 bridgehead atoms. The van der Waals surface area contributed by atoms with Crippen LogP contribution in [0.1, 0.15) is 12.5 Å². The minimum atomic E-state index is 0.959. The number of fused-ring (bicyclic) bond motifs is 1. The Hall–Kier alpha value is -0.540. The highest BCUT2D eigenvalue weighted by molar-refractivity contribution is 9.11. The quantitative estimate of drug-likeness (QED) is 0.794. The minimum Gasteiger partial charge on any atom is -0.494 e. The van der Waals surface area contributed by atoms with E-state index >= 15 is 0 Å². The van der Waals surface area contributed by atoms with Crippen molar-refractivity contribution in [3.63, 3.8) is 0 Å². The molecular weight excluding hydrogens is 260 g/mol. The van der Waals surface area contributed by atoms with Crippen LogP contribution in [0.15, 0.2) is 22.0 Å². The molecule has 0 fully saturated rings. The van der Waals surface area contributed by atoms with Gasteiger partial charge in [0.25, 0.3) is 0 Å². The van der Waals surface area contributed by atoms with Gasteiger partial charge in [0.2, 0.25) is 0 Å². The molecule has 2 aromatic rings. The molecule has 0 saturated carbocycles. The zero-order chi connectivity index (χ0) is 10.1. The Morgan fingerprint density at radius 3 is 2.86 bits per heavy atom. The molecule has 74 valence electrons. The van der Waals surface area contributed by atoms with Gasteiger partial charge in [0, 0.05) is 10.1 Å². The Balaban J connectivity index is 2.71. The Morgan fingerprint density at radius 1 is 1.43 bits per heavy atom. The molecule has 0 radical (unpaired) electrons. The van der Waals surface area contributed by atoms with Gasteiger partial charge >= 0.3 is 0 Å². The standard InChI is InChI=1S/C11H11BrOS/c1-3-7-4-5-9-8(6-7)10(13-2)11(12)14-9/h4-6H,3H2,1-2H3.